The van der Waals surface area contributed by atoms with Crippen LogP contribution in [0.5, 0.6) is 0 Å². The van der Waals surface area contributed by atoms with Crippen LogP contribution in [-0.4, -0.2) is 17.0 Å². The molecule has 0 spiro atoms. The Hall–Kier alpha value is -2.76. The Kier molecular flexibility index (Phi) is 3.01. The highest BCUT2D eigenvalue weighted by Crippen LogP contribution is 2.20. The van der Waals surface area contributed by atoms with Crippen molar-refractivity contribution in [3.05, 3.63) is 47.9 Å². The lowest BCUT2D eigenvalue weighted by atomic mass is 10.1. The van der Waals surface area contributed by atoms with Gasteiger partial charge in [0.2, 0.25) is 0 Å². The molecule has 0 aliphatic heterocycles. The number of rotatable bonds is 3. The Labute approximate surface area is 102 Å². The first-order chi connectivity index (χ1) is 8.58. The number of hydrogen-bond donors (Lipinski definition) is 3. The molecule has 0 radical (unpaired) electrons. The summed E-state index contributed by atoms with van der Waals surface area (Å²) >= 11 is 0. The maximum Gasteiger partial charge on any atom is 0.337 e. The van der Waals surface area contributed by atoms with Crippen LogP contribution in [-0.2, 0) is 0 Å². The van der Waals surface area contributed by atoms with Crippen molar-refractivity contribution in [2.45, 2.75) is 0 Å². The predicted molar refractivity (Wildman–Crippen MR) is 64.5 cm³/mol. The zero-order valence-electron chi connectivity index (χ0n) is 9.21. The van der Waals surface area contributed by atoms with Gasteiger partial charge in [0.15, 0.2) is 0 Å². The molecule has 0 unspecified atom stereocenters. The molecule has 0 atom stereocenters. The number of amides is 1. The van der Waals surface area contributed by atoms with Gasteiger partial charge in [0.1, 0.15) is 6.26 Å². The second-order valence-corrected chi connectivity index (χ2v) is 3.58. The van der Waals surface area contributed by atoms with E-state index < -0.39 is 11.9 Å². The van der Waals surface area contributed by atoms with E-state index in [-0.39, 0.29) is 11.3 Å². The van der Waals surface area contributed by atoms with Crippen LogP contribution >= 0.6 is 0 Å². The largest absolute Gasteiger partial charge is 0.478 e. The lowest BCUT2D eigenvalue weighted by Crippen LogP contribution is -2.14. The number of nitrogens with one attached hydrogen (secondary N) is 1. The maximum absolute atomic E-state index is 11.8. The first kappa shape index (κ1) is 11.7. The third kappa shape index (κ3) is 2.32. The van der Waals surface area contributed by atoms with Crippen LogP contribution in [0.3, 0.4) is 0 Å². The van der Waals surface area contributed by atoms with Gasteiger partial charge in [0.05, 0.1) is 23.1 Å². The summed E-state index contributed by atoms with van der Waals surface area (Å²) in [6, 6.07) is 5.66. The predicted octanol–water partition coefficient (Wildman–Crippen LogP) is 1.81. The van der Waals surface area contributed by atoms with Crippen molar-refractivity contribution in [3.8, 4) is 0 Å². The fourth-order valence-electron chi connectivity index (χ4n) is 1.44. The third-order valence-corrected chi connectivity index (χ3v) is 2.31. The SMILES string of the molecule is Nc1ccc(C(=O)O)c(NC(=O)c2ccoc2)c1. The molecule has 1 heterocycles. The molecule has 2 aromatic rings. The molecule has 6 nitrogen and oxygen atoms in total. The van der Waals surface area contributed by atoms with Crippen molar-refractivity contribution in [2.75, 3.05) is 11.1 Å². The van der Waals surface area contributed by atoms with Gasteiger partial charge in [-0.15, -0.1) is 0 Å². The van der Waals surface area contributed by atoms with Gasteiger partial charge >= 0.3 is 5.97 Å². The van der Waals surface area contributed by atoms with E-state index in [1.807, 2.05) is 0 Å². The van der Waals surface area contributed by atoms with Gasteiger partial charge in [-0.05, 0) is 24.3 Å². The highest BCUT2D eigenvalue weighted by Gasteiger charge is 2.14. The number of carbonyl (C=O) groups excluding carboxylic acids is 1. The second kappa shape index (κ2) is 4.62. The average molecular weight is 246 g/mol. The molecule has 1 amide bonds. The molecule has 0 saturated heterocycles. The van der Waals surface area contributed by atoms with Crippen molar-refractivity contribution in [2.24, 2.45) is 0 Å². The highest BCUT2D eigenvalue weighted by molar-refractivity contribution is 6.07. The Bertz CT molecular complexity index is 590. The van der Waals surface area contributed by atoms with Gasteiger partial charge in [0.25, 0.3) is 5.91 Å². The monoisotopic (exact) mass is 246 g/mol. The fraction of sp³-hybridized carbons (Fsp3) is 0. The quantitative estimate of drug-likeness (QED) is 0.716. The molecule has 4 N–H and O–H groups in total. The molecule has 0 aliphatic rings. The summed E-state index contributed by atoms with van der Waals surface area (Å²) in [5.41, 5.74) is 6.34. The van der Waals surface area contributed by atoms with Crippen molar-refractivity contribution >= 4 is 23.3 Å². The summed E-state index contributed by atoms with van der Waals surface area (Å²) in [5.74, 6) is -1.60. The van der Waals surface area contributed by atoms with Gasteiger partial charge in [0, 0.05) is 5.69 Å². The van der Waals surface area contributed by atoms with E-state index in [1.165, 1.54) is 36.8 Å². The summed E-state index contributed by atoms with van der Waals surface area (Å²) < 4.78 is 4.77. The molecule has 6 heteroatoms. The average Bonchev–Trinajstić information content (AvgIpc) is 2.81. The summed E-state index contributed by atoms with van der Waals surface area (Å²) in [4.78, 5) is 22.7. The number of carboxylic acid groups (broad SMARTS) is 1. The van der Waals surface area contributed by atoms with E-state index in [1.54, 1.807) is 0 Å². The molecule has 0 aliphatic carbocycles. The molecular formula is C12H10N2O4. The molecule has 92 valence electrons. The lowest BCUT2D eigenvalue weighted by molar-refractivity contribution is 0.0698. The maximum atomic E-state index is 11.8. The normalized spacial score (nSPS) is 10.0. The van der Waals surface area contributed by atoms with E-state index in [0.717, 1.165) is 0 Å². The van der Waals surface area contributed by atoms with Crippen LogP contribution in [0.1, 0.15) is 20.7 Å². The first-order valence-electron chi connectivity index (χ1n) is 5.04. The molecular weight excluding hydrogens is 236 g/mol. The van der Waals surface area contributed by atoms with Crippen LogP contribution in [0.15, 0.2) is 41.2 Å². The van der Waals surface area contributed by atoms with E-state index in [4.69, 9.17) is 15.3 Å². The summed E-state index contributed by atoms with van der Waals surface area (Å²) in [7, 11) is 0. The number of carboxylic acids is 1. The topological polar surface area (TPSA) is 106 Å². The molecule has 0 fully saturated rings. The van der Waals surface area contributed by atoms with E-state index in [0.29, 0.717) is 11.3 Å². The molecule has 2 rings (SSSR count). The zero-order valence-corrected chi connectivity index (χ0v) is 9.21. The van der Waals surface area contributed by atoms with Gasteiger partial charge in [-0.25, -0.2) is 4.79 Å². The number of anilines is 2. The van der Waals surface area contributed by atoms with Crippen molar-refractivity contribution in [1.29, 1.82) is 0 Å². The zero-order chi connectivity index (χ0) is 13.1. The number of benzene rings is 1. The number of nitrogens with two attached hydrogens (primary N) is 1. The molecule has 1 aromatic heterocycles. The fourth-order valence-corrected chi connectivity index (χ4v) is 1.44. The van der Waals surface area contributed by atoms with E-state index >= 15 is 0 Å². The minimum absolute atomic E-state index is 0.0268. The Balaban J connectivity index is 2.31. The van der Waals surface area contributed by atoms with Crippen molar-refractivity contribution < 1.29 is 19.1 Å². The van der Waals surface area contributed by atoms with Crippen LogP contribution in [0.25, 0.3) is 0 Å². The van der Waals surface area contributed by atoms with E-state index in [2.05, 4.69) is 5.32 Å². The van der Waals surface area contributed by atoms with Gasteiger partial charge in [-0.3, -0.25) is 4.79 Å². The Morgan fingerprint density at radius 3 is 2.67 bits per heavy atom. The lowest BCUT2D eigenvalue weighted by Gasteiger charge is -2.08. The Morgan fingerprint density at radius 2 is 2.06 bits per heavy atom. The Morgan fingerprint density at radius 1 is 1.28 bits per heavy atom. The molecule has 0 saturated carbocycles. The number of carbonyl (C=O) groups is 2. The van der Waals surface area contributed by atoms with Gasteiger partial charge in [-0.2, -0.15) is 0 Å². The van der Waals surface area contributed by atoms with Crippen molar-refractivity contribution in [1.82, 2.24) is 0 Å². The standard InChI is InChI=1S/C12H10N2O4/c13-8-1-2-9(12(16)17)10(5-8)14-11(15)7-3-4-18-6-7/h1-6H,13H2,(H,14,15)(H,16,17). The molecule has 1 aromatic carbocycles. The number of furan rings is 1. The molecule has 18 heavy (non-hydrogen) atoms. The summed E-state index contributed by atoms with van der Waals surface area (Å²) in [6.07, 6.45) is 2.62. The van der Waals surface area contributed by atoms with Gasteiger partial charge < -0.3 is 20.6 Å². The summed E-state index contributed by atoms with van der Waals surface area (Å²) in [5, 5.41) is 11.5. The van der Waals surface area contributed by atoms with Crippen molar-refractivity contribution in [3.63, 3.8) is 0 Å². The number of hydrogen-bond acceptors (Lipinski definition) is 4. The van der Waals surface area contributed by atoms with E-state index in [9.17, 15) is 9.59 Å². The second-order valence-electron chi connectivity index (χ2n) is 3.58. The van der Waals surface area contributed by atoms with Crippen LogP contribution in [0.2, 0.25) is 0 Å². The smallest absolute Gasteiger partial charge is 0.337 e. The summed E-state index contributed by atoms with van der Waals surface area (Å²) in [6.45, 7) is 0. The van der Waals surface area contributed by atoms with Gasteiger partial charge in [-0.1, -0.05) is 0 Å². The van der Waals surface area contributed by atoms with Crippen LogP contribution < -0.4 is 11.1 Å². The minimum Gasteiger partial charge on any atom is -0.478 e. The minimum atomic E-state index is -1.14. The highest BCUT2D eigenvalue weighted by atomic mass is 16.4. The third-order valence-electron chi connectivity index (χ3n) is 2.31. The van der Waals surface area contributed by atoms with Crippen LogP contribution in [0.4, 0.5) is 11.4 Å². The van der Waals surface area contributed by atoms with Crippen LogP contribution in [0, 0.1) is 0 Å². The molecule has 0 bridgehead atoms. The number of aromatic carboxylic acids is 1. The number of nitrogen functional groups attached to an aromatic ring is 1. The first-order valence-corrected chi connectivity index (χ1v) is 5.04.